The second-order valence-corrected chi connectivity index (χ2v) is 6.31. The van der Waals surface area contributed by atoms with Crippen LogP contribution in [0.4, 0.5) is 4.39 Å². The molecule has 0 radical (unpaired) electrons. The molecule has 0 amide bonds. The number of halogens is 2. The van der Waals surface area contributed by atoms with Gasteiger partial charge in [-0.05, 0) is 34.1 Å². The maximum Gasteiger partial charge on any atom is 0.169 e. The highest BCUT2D eigenvalue weighted by molar-refractivity contribution is 9.10. The average molecular weight is 367 g/mol. The summed E-state index contributed by atoms with van der Waals surface area (Å²) < 4.78 is 19.7. The number of hydrogen-bond donors (Lipinski definition) is 1. The highest BCUT2D eigenvalue weighted by atomic mass is 79.9. The molecule has 0 unspecified atom stereocenters. The molecule has 3 nitrogen and oxygen atoms in total. The monoisotopic (exact) mass is 366 g/mol. The van der Waals surface area contributed by atoms with E-state index < -0.39 is 0 Å². The maximum atomic E-state index is 13.5. The maximum absolute atomic E-state index is 13.5. The van der Waals surface area contributed by atoms with E-state index in [1.165, 1.54) is 6.07 Å². The van der Waals surface area contributed by atoms with Crippen molar-refractivity contribution in [3.05, 3.63) is 63.7 Å². The van der Waals surface area contributed by atoms with Crippen LogP contribution in [-0.2, 0) is 13.1 Å². The lowest BCUT2D eigenvalue weighted by Crippen LogP contribution is -2.13. The van der Waals surface area contributed by atoms with Crippen molar-refractivity contribution in [3.8, 4) is 10.6 Å². The molecule has 3 rings (SSSR count). The van der Waals surface area contributed by atoms with Crippen LogP contribution in [-0.4, -0.2) is 4.98 Å². The van der Waals surface area contributed by atoms with Crippen LogP contribution in [0.25, 0.3) is 10.6 Å². The first-order valence-electron chi connectivity index (χ1n) is 6.37. The van der Waals surface area contributed by atoms with Gasteiger partial charge in [-0.1, -0.05) is 18.2 Å². The Bertz CT molecular complexity index is 741. The Morgan fingerprint density at radius 1 is 1.19 bits per heavy atom. The van der Waals surface area contributed by atoms with E-state index in [0.717, 1.165) is 15.6 Å². The van der Waals surface area contributed by atoms with Gasteiger partial charge in [0.1, 0.15) is 16.6 Å². The van der Waals surface area contributed by atoms with E-state index in [1.807, 2.05) is 18.2 Å². The molecular formula is C15H12BrFN2OS. The third-order valence-corrected chi connectivity index (χ3v) is 4.36. The molecule has 2 heterocycles. The number of furan rings is 1. The molecule has 2 aromatic heterocycles. The van der Waals surface area contributed by atoms with E-state index in [4.69, 9.17) is 4.42 Å². The molecule has 3 aromatic rings. The quantitative estimate of drug-likeness (QED) is 0.717. The largest absolute Gasteiger partial charge is 0.448 e. The van der Waals surface area contributed by atoms with Crippen molar-refractivity contribution in [3.63, 3.8) is 0 Å². The summed E-state index contributed by atoms with van der Waals surface area (Å²) in [6.45, 7) is 1.08. The zero-order valence-corrected chi connectivity index (χ0v) is 13.4. The molecule has 0 aliphatic rings. The van der Waals surface area contributed by atoms with Gasteiger partial charge in [0.2, 0.25) is 0 Å². The number of thiazole rings is 1. The van der Waals surface area contributed by atoms with Crippen molar-refractivity contribution in [2.45, 2.75) is 13.1 Å². The first kappa shape index (κ1) is 14.4. The lowest BCUT2D eigenvalue weighted by atomic mass is 10.2. The number of nitrogens with zero attached hydrogens (tertiary/aromatic N) is 1. The molecule has 0 saturated carbocycles. The Kier molecular flexibility index (Phi) is 4.48. The second-order valence-electron chi connectivity index (χ2n) is 4.42. The first-order chi connectivity index (χ1) is 10.2. The summed E-state index contributed by atoms with van der Waals surface area (Å²) in [7, 11) is 0. The van der Waals surface area contributed by atoms with Gasteiger partial charge < -0.3 is 9.73 Å². The summed E-state index contributed by atoms with van der Waals surface area (Å²) in [5, 5.41) is 4.14. The molecule has 6 heteroatoms. The molecule has 0 aliphatic carbocycles. The SMILES string of the molecule is Fc1ccccc1CNCc1ncc(-c2ccc(Br)o2)s1. The molecule has 0 saturated heterocycles. The van der Waals surface area contributed by atoms with Crippen molar-refractivity contribution >= 4 is 27.3 Å². The van der Waals surface area contributed by atoms with Gasteiger partial charge in [-0.2, -0.15) is 0 Å². The third kappa shape index (κ3) is 3.58. The number of aromatic nitrogens is 1. The molecule has 0 fully saturated rings. The van der Waals surface area contributed by atoms with Crippen LogP contribution < -0.4 is 5.32 Å². The smallest absolute Gasteiger partial charge is 0.169 e. The van der Waals surface area contributed by atoms with Crippen molar-refractivity contribution < 1.29 is 8.81 Å². The minimum absolute atomic E-state index is 0.190. The Balaban J connectivity index is 1.59. The zero-order chi connectivity index (χ0) is 14.7. The highest BCUT2D eigenvalue weighted by Gasteiger charge is 2.08. The van der Waals surface area contributed by atoms with Gasteiger partial charge in [0, 0.05) is 24.8 Å². The van der Waals surface area contributed by atoms with Crippen molar-refractivity contribution in [1.29, 1.82) is 0 Å². The number of rotatable bonds is 5. The first-order valence-corrected chi connectivity index (χ1v) is 7.98. The van der Waals surface area contributed by atoms with Crippen LogP contribution in [0, 0.1) is 5.82 Å². The minimum Gasteiger partial charge on any atom is -0.448 e. The van der Waals surface area contributed by atoms with Crippen LogP contribution >= 0.6 is 27.3 Å². The van der Waals surface area contributed by atoms with Crippen LogP contribution in [0.15, 0.2) is 51.7 Å². The molecule has 1 aromatic carbocycles. The normalized spacial score (nSPS) is 11.0. The molecule has 0 aliphatic heterocycles. The zero-order valence-electron chi connectivity index (χ0n) is 11.0. The predicted octanol–water partition coefficient (Wildman–Crippen LogP) is 4.59. The van der Waals surface area contributed by atoms with E-state index in [-0.39, 0.29) is 5.82 Å². The van der Waals surface area contributed by atoms with Crippen LogP contribution in [0.5, 0.6) is 0 Å². The summed E-state index contributed by atoms with van der Waals surface area (Å²) in [5.74, 6) is 0.602. The summed E-state index contributed by atoms with van der Waals surface area (Å²) in [6, 6.07) is 10.5. The average Bonchev–Trinajstić information content (AvgIpc) is 3.10. The Morgan fingerprint density at radius 3 is 2.81 bits per heavy atom. The highest BCUT2D eigenvalue weighted by Crippen LogP contribution is 2.29. The van der Waals surface area contributed by atoms with Crippen molar-refractivity contribution in [2.75, 3.05) is 0 Å². The lowest BCUT2D eigenvalue weighted by Gasteiger charge is -2.03. The second kappa shape index (κ2) is 6.51. The van der Waals surface area contributed by atoms with Gasteiger partial charge in [0.05, 0.1) is 4.88 Å². The number of benzene rings is 1. The Hall–Kier alpha value is -1.50. The minimum atomic E-state index is -0.190. The van der Waals surface area contributed by atoms with Crippen molar-refractivity contribution in [2.24, 2.45) is 0 Å². The van der Waals surface area contributed by atoms with Gasteiger partial charge in [0.15, 0.2) is 4.67 Å². The molecule has 21 heavy (non-hydrogen) atoms. The van der Waals surface area contributed by atoms with Gasteiger partial charge in [0.25, 0.3) is 0 Å². The fraction of sp³-hybridized carbons (Fsp3) is 0.133. The molecule has 0 atom stereocenters. The van der Waals surface area contributed by atoms with Crippen LogP contribution in [0.2, 0.25) is 0 Å². The van der Waals surface area contributed by atoms with E-state index in [1.54, 1.807) is 29.7 Å². The molecule has 108 valence electrons. The fourth-order valence-corrected chi connectivity index (χ4v) is 3.05. The topological polar surface area (TPSA) is 38.1 Å². The van der Waals surface area contributed by atoms with E-state index >= 15 is 0 Å². The summed E-state index contributed by atoms with van der Waals surface area (Å²) in [6.07, 6.45) is 1.79. The summed E-state index contributed by atoms with van der Waals surface area (Å²) >= 11 is 4.84. The van der Waals surface area contributed by atoms with Gasteiger partial charge in [-0.3, -0.25) is 0 Å². The summed E-state index contributed by atoms with van der Waals surface area (Å²) in [4.78, 5) is 5.32. The van der Waals surface area contributed by atoms with Crippen LogP contribution in [0.3, 0.4) is 0 Å². The number of nitrogens with one attached hydrogen (secondary N) is 1. The standard InChI is InChI=1S/C15H12BrFN2OS/c16-14-6-5-12(20-14)13-8-19-15(21-13)9-18-7-10-3-1-2-4-11(10)17/h1-6,8,18H,7,9H2. The Morgan fingerprint density at radius 2 is 2.05 bits per heavy atom. The number of hydrogen-bond acceptors (Lipinski definition) is 4. The van der Waals surface area contributed by atoms with Gasteiger partial charge >= 0.3 is 0 Å². The molecule has 0 bridgehead atoms. The molecule has 1 N–H and O–H groups in total. The van der Waals surface area contributed by atoms with E-state index in [9.17, 15) is 4.39 Å². The molecule has 0 spiro atoms. The van der Waals surface area contributed by atoms with E-state index in [0.29, 0.717) is 23.3 Å². The Labute approximate surface area is 134 Å². The van der Waals surface area contributed by atoms with Gasteiger partial charge in [-0.15, -0.1) is 11.3 Å². The van der Waals surface area contributed by atoms with Crippen LogP contribution in [0.1, 0.15) is 10.6 Å². The van der Waals surface area contributed by atoms with Crippen molar-refractivity contribution in [1.82, 2.24) is 10.3 Å². The summed E-state index contributed by atoms with van der Waals surface area (Å²) in [5.41, 5.74) is 0.657. The van der Waals surface area contributed by atoms with E-state index in [2.05, 4.69) is 26.2 Å². The third-order valence-electron chi connectivity index (χ3n) is 2.92. The lowest BCUT2D eigenvalue weighted by molar-refractivity contribution is 0.557. The predicted molar refractivity (Wildman–Crippen MR) is 84.5 cm³/mol. The van der Waals surface area contributed by atoms with Gasteiger partial charge in [-0.25, -0.2) is 9.37 Å². The molecular weight excluding hydrogens is 355 g/mol. The fourth-order valence-electron chi connectivity index (χ4n) is 1.90.